The van der Waals surface area contributed by atoms with Gasteiger partial charge in [-0.25, -0.2) is 9.97 Å². The maximum absolute atomic E-state index is 9.93. The lowest BCUT2D eigenvalue weighted by Gasteiger charge is -2.34. The standard InChI is InChI=1S/C15H26N4O/c1-11-5-6-19(10-13(11)20)14-16-7-12(8-17-14)9-18-15(2,3)4/h7-8,11,13,18,20H,5-6,9-10H2,1-4H3. The van der Waals surface area contributed by atoms with E-state index in [2.05, 4.69) is 47.9 Å². The molecule has 2 atom stereocenters. The van der Waals surface area contributed by atoms with Crippen molar-refractivity contribution in [2.45, 2.75) is 52.3 Å². The van der Waals surface area contributed by atoms with Crippen LogP contribution in [0.1, 0.15) is 39.7 Å². The first-order chi connectivity index (χ1) is 9.35. The molecule has 1 aliphatic rings. The summed E-state index contributed by atoms with van der Waals surface area (Å²) in [4.78, 5) is 10.9. The van der Waals surface area contributed by atoms with Crippen LogP contribution in [0, 0.1) is 5.92 Å². The Morgan fingerprint density at radius 2 is 2.00 bits per heavy atom. The number of aliphatic hydroxyl groups is 1. The molecular formula is C15H26N4O. The highest BCUT2D eigenvalue weighted by atomic mass is 16.3. The largest absolute Gasteiger partial charge is 0.391 e. The number of nitrogens with zero attached hydrogens (tertiary/aromatic N) is 3. The molecule has 1 fully saturated rings. The van der Waals surface area contributed by atoms with Crippen LogP contribution in [0.4, 0.5) is 5.95 Å². The molecule has 0 aromatic carbocycles. The lowest BCUT2D eigenvalue weighted by Crippen LogP contribution is -2.43. The lowest BCUT2D eigenvalue weighted by molar-refractivity contribution is 0.102. The van der Waals surface area contributed by atoms with E-state index in [4.69, 9.17) is 0 Å². The summed E-state index contributed by atoms with van der Waals surface area (Å²) in [5.74, 6) is 1.08. The van der Waals surface area contributed by atoms with Gasteiger partial charge in [-0.3, -0.25) is 0 Å². The van der Waals surface area contributed by atoms with E-state index < -0.39 is 0 Å². The van der Waals surface area contributed by atoms with Crippen molar-refractivity contribution in [3.8, 4) is 0 Å². The minimum atomic E-state index is -0.283. The molecule has 1 aliphatic heterocycles. The molecule has 1 saturated heterocycles. The van der Waals surface area contributed by atoms with Crippen LogP contribution in [0.25, 0.3) is 0 Å². The normalized spacial score (nSPS) is 23.9. The molecule has 0 spiro atoms. The van der Waals surface area contributed by atoms with Crippen molar-refractivity contribution in [2.75, 3.05) is 18.0 Å². The fraction of sp³-hybridized carbons (Fsp3) is 0.733. The van der Waals surface area contributed by atoms with Crippen molar-refractivity contribution in [3.63, 3.8) is 0 Å². The molecule has 0 aliphatic carbocycles. The third kappa shape index (κ3) is 4.15. The summed E-state index contributed by atoms with van der Waals surface area (Å²) in [5.41, 5.74) is 1.17. The van der Waals surface area contributed by atoms with Crippen molar-refractivity contribution < 1.29 is 5.11 Å². The van der Waals surface area contributed by atoms with E-state index in [1.54, 1.807) is 0 Å². The molecule has 5 nitrogen and oxygen atoms in total. The number of piperidine rings is 1. The van der Waals surface area contributed by atoms with Gasteiger partial charge < -0.3 is 15.3 Å². The van der Waals surface area contributed by atoms with Gasteiger partial charge in [0.1, 0.15) is 0 Å². The van der Waals surface area contributed by atoms with E-state index in [-0.39, 0.29) is 11.6 Å². The second-order valence-electron chi connectivity index (χ2n) is 6.77. The molecular weight excluding hydrogens is 252 g/mol. The minimum absolute atomic E-state index is 0.0891. The van der Waals surface area contributed by atoms with Gasteiger partial charge in [0.25, 0.3) is 0 Å². The number of nitrogens with one attached hydrogen (secondary N) is 1. The highest BCUT2D eigenvalue weighted by Gasteiger charge is 2.25. The fourth-order valence-corrected chi connectivity index (χ4v) is 2.20. The zero-order valence-corrected chi connectivity index (χ0v) is 12.9. The third-order valence-electron chi connectivity index (χ3n) is 3.72. The second-order valence-corrected chi connectivity index (χ2v) is 6.77. The number of aromatic nitrogens is 2. The SMILES string of the molecule is CC1CCN(c2ncc(CNC(C)(C)C)cn2)CC1O. The van der Waals surface area contributed by atoms with Gasteiger partial charge in [-0.2, -0.15) is 0 Å². The summed E-state index contributed by atoms with van der Waals surface area (Å²) < 4.78 is 0. The lowest BCUT2D eigenvalue weighted by atomic mass is 9.96. The monoisotopic (exact) mass is 278 g/mol. The van der Waals surface area contributed by atoms with Crippen molar-refractivity contribution in [1.82, 2.24) is 15.3 Å². The van der Waals surface area contributed by atoms with Crippen LogP contribution in [-0.4, -0.2) is 39.8 Å². The summed E-state index contributed by atoms with van der Waals surface area (Å²) in [5, 5.41) is 13.3. The quantitative estimate of drug-likeness (QED) is 0.879. The second kappa shape index (κ2) is 6.06. The molecule has 0 amide bonds. The van der Waals surface area contributed by atoms with Gasteiger partial charge in [-0.1, -0.05) is 6.92 Å². The predicted molar refractivity (Wildman–Crippen MR) is 80.6 cm³/mol. The van der Waals surface area contributed by atoms with E-state index in [1.807, 2.05) is 12.4 Å². The molecule has 2 rings (SSSR count). The topological polar surface area (TPSA) is 61.3 Å². The van der Waals surface area contributed by atoms with Gasteiger partial charge >= 0.3 is 0 Å². The Bertz CT molecular complexity index is 426. The average Bonchev–Trinajstić information content (AvgIpc) is 2.39. The van der Waals surface area contributed by atoms with Gasteiger partial charge in [0.05, 0.1) is 6.10 Å². The average molecular weight is 278 g/mol. The Morgan fingerprint density at radius 1 is 1.35 bits per heavy atom. The zero-order valence-electron chi connectivity index (χ0n) is 12.9. The molecule has 0 bridgehead atoms. The number of aliphatic hydroxyl groups excluding tert-OH is 1. The fourth-order valence-electron chi connectivity index (χ4n) is 2.20. The first kappa shape index (κ1) is 15.2. The van der Waals surface area contributed by atoms with Crippen molar-refractivity contribution in [1.29, 1.82) is 0 Å². The van der Waals surface area contributed by atoms with Crippen LogP contribution in [0.15, 0.2) is 12.4 Å². The van der Waals surface area contributed by atoms with Gasteiger partial charge in [0.2, 0.25) is 5.95 Å². The molecule has 0 saturated carbocycles. The first-order valence-electron chi connectivity index (χ1n) is 7.34. The Balaban J connectivity index is 1.94. The molecule has 0 radical (unpaired) electrons. The van der Waals surface area contributed by atoms with Crippen LogP contribution in [0.5, 0.6) is 0 Å². The van der Waals surface area contributed by atoms with Crippen LogP contribution in [0.2, 0.25) is 0 Å². The maximum atomic E-state index is 9.93. The summed E-state index contributed by atoms with van der Waals surface area (Å²) in [6, 6.07) is 0. The van der Waals surface area contributed by atoms with E-state index in [0.717, 1.165) is 31.0 Å². The molecule has 1 aromatic heterocycles. The highest BCUT2D eigenvalue weighted by molar-refractivity contribution is 5.31. The third-order valence-corrected chi connectivity index (χ3v) is 3.72. The van der Waals surface area contributed by atoms with Crippen LogP contribution in [0.3, 0.4) is 0 Å². The first-order valence-corrected chi connectivity index (χ1v) is 7.34. The van der Waals surface area contributed by atoms with Gasteiger partial charge in [0, 0.05) is 43.1 Å². The van der Waals surface area contributed by atoms with Crippen LogP contribution < -0.4 is 10.2 Å². The van der Waals surface area contributed by atoms with E-state index in [9.17, 15) is 5.11 Å². The van der Waals surface area contributed by atoms with Gasteiger partial charge in [-0.05, 0) is 33.1 Å². The Morgan fingerprint density at radius 3 is 2.55 bits per heavy atom. The minimum Gasteiger partial charge on any atom is -0.391 e. The molecule has 2 N–H and O–H groups in total. The Hall–Kier alpha value is -1.20. The molecule has 5 heteroatoms. The summed E-state index contributed by atoms with van der Waals surface area (Å²) in [6.45, 7) is 10.8. The molecule has 20 heavy (non-hydrogen) atoms. The number of hydrogen-bond acceptors (Lipinski definition) is 5. The Labute approximate surface area is 121 Å². The molecule has 112 valence electrons. The molecule has 1 aromatic rings. The van der Waals surface area contributed by atoms with E-state index in [1.165, 1.54) is 0 Å². The summed E-state index contributed by atoms with van der Waals surface area (Å²) >= 11 is 0. The van der Waals surface area contributed by atoms with Crippen molar-refractivity contribution in [2.24, 2.45) is 5.92 Å². The Kier molecular flexibility index (Phi) is 4.60. The summed E-state index contributed by atoms with van der Waals surface area (Å²) in [6.07, 6.45) is 4.43. The van der Waals surface area contributed by atoms with Gasteiger partial charge in [-0.15, -0.1) is 0 Å². The van der Waals surface area contributed by atoms with Gasteiger partial charge in [0.15, 0.2) is 0 Å². The number of anilines is 1. The molecule has 2 heterocycles. The number of β-amino-alcohol motifs (C(OH)–C–C–N with tert-alkyl or cyclic N) is 1. The maximum Gasteiger partial charge on any atom is 0.225 e. The zero-order chi connectivity index (χ0) is 14.8. The van der Waals surface area contributed by atoms with E-state index in [0.29, 0.717) is 12.5 Å². The smallest absolute Gasteiger partial charge is 0.225 e. The highest BCUT2D eigenvalue weighted by Crippen LogP contribution is 2.20. The van der Waals surface area contributed by atoms with Crippen LogP contribution in [-0.2, 0) is 6.54 Å². The van der Waals surface area contributed by atoms with Crippen molar-refractivity contribution >= 4 is 5.95 Å². The van der Waals surface area contributed by atoms with E-state index >= 15 is 0 Å². The predicted octanol–water partition coefficient (Wildman–Crippen LogP) is 1.57. The number of rotatable bonds is 3. The molecule has 2 unspecified atom stereocenters. The summed E-state index contributed by atoms with van der Waals surface area (Å²) in [7, 11) is 0. The van der Waals surface area contributed by atoms with Crippen molar-refractivity contribution in [3.05, 3.63) is 18.0 Å². The van der Waals surface area contributed by atoms with Crippen LogP contribution >= 0.6 is 0 Å². The number of hydrogen-bond donors (Lipinski definition) is 2.